The van der Waals surface area contributed by atoms with Crippen LogP contribution in [0, 0.1) is 0 Å². The monoisotopic (exact) mass is 444 g/mol. The highest BCUT2D eigenvalue weighted by Crippen LogP contribution is 2.28. The summed E-state index contributed by atoms with van der Waals surface area (Å²) in [4.78, 5) is 16.4. The van der Waals surface area contributed by atoms with Crippen molar-refractivity contribution in [3.8, 4) is 0 Å². The van der Waals surface area contributed by atoms with E-state index < -0.39 is 31.3 Å². The minimum Gasteiger partial charge on any atom is -0.301 e. The lowest BCUT2D eigenvalue weighted by molar-refractivity contribution is -0.113. The molecule has 0 radical (unpaired) electrons. The van der Waals surface area contributed by atoms with Crippen molar-refractivity contribution in [2.24, 2.45) is 0 Å². The number of nitrogens with one attached hydrogen (secondary N) is 1. The van der Waals surface area contributed by atoms with Crippen molar-refractivity contribution in [3.63, 3.8) is 0 Å². The van der Waals surface area contributed by atoms with Gasteiger partial charge in [-0.3, -0.25) is 4.79 Å². The molecule has 0 aliphatic heterocycles. The average Bonchev–Trinajstić information content (AvgIpc) is 2.94. The van der Waals surface area contributed by atoms with Gasteiger partial charge in [0.15, 0.2) is 24.8 Å². The number of hydrogen-bond acceptors (Lipinski definition) is 7. The molecule has 0 aliphatic rings. The van der Waals surface area contributed by atoms with Gasteiger partial charge >= 0.3 is 0 Å². The van der Waals surface area contributed by atoms with E-state index in [0.717, 1.165) is 17.6 Å². The number of halogens is 1. The van der Waals surface area contributed by atoms with E-state index in [1.165, 1.54) is 42.5 Å². The summed E-state index contributed by atoms with van der Waals surface area (Å²) in [7, 11) is -7.19. The lowest BCUT2D eigenvalue weighted by Gasteiger charge is -2.04. The molecule has 27 heavy (non-hydrogen) atoms. The molecule has 0 atom stereocenters. The molecule has 0 saturated heterocycles. The predicted octanol–water partition coefficient (Wildman–Crippen LogP) is 2.77. The second-order valence-corrected chi connectivity index (χ2v) is 11.2. The first kappa shape index (κ1) is 19.7. The second kappa shape index (κ2) is 7.19. The van der Waals surface area contributed by atoms with Crippen molar-refractivity contribution in [2.45, 2.75) is 9.79 Å². The minimum absolute atomic E-state index is 0.0101. The first-order valence-electron chi connectivity index (χ1n) is 7.43. The number of nitrogens with zero attached hydrogens (tertiary/aromatic N) is 1. The first-order chi connectivity index (χ1) is 12.5. The highest BCUT2D eigenvalue weighted by atomic mass is 35.5. The standard InChI is InChI=1S/C16H13ClN2O5S3/c1-26(21,22)12-6-7-13-14(8-12)25-16(18-13)19-15(20)9-27(23,24)11-4-2-10(17)3-5-11/h2-8H,9H2,1H3,(H,18,19,20). The SMILES string of the molecule is CS(=O)(=O)c1ccc2nc(NC(=O)CS(=O)(=O)c3ccc(Cl)cc3)sc2c1. The predicted molar refractivity (Wildman–Crippen MR) is 105 cm³/mol. The van der Waals surface area contributed by atoms with Gasteiger partial charge in [0.05, 0.1) is 20.0 Å². The number of carbonyl (C=O) groups is 1. The summed E-state index contributed by atoms with van der Waals surface area (Å²) in [5.41, 5.74) is 0.503. The fraction of sp³-hybridized carbons (Fsp3) is 0.125. The Bertz CT molecular complexity index is 1230. The Morgan fingerprint density at radius 3 is 2.33 bits per heavy atom. The molecule has 1 N–H and O–H groups in total. The van der Waals surface area contributed by atoms with Crippen LogP contribution in [0.3, 0.4) is 0 Å². The van der Waals surface area contributed by atoms with E-state index in [4.69, 9.17) is 11.6 Å². The van der Waals surface area contributed by atoms with Crippen molar-refractivity contribution in [1.82, 2.24) is 4.98 Å². The molecule has 0 spiro atoms. The Morgan fingerprint density at radius 1 is 1.07 bits per heavy atom. The Balaban J connectivity index is 1.78. The Kier molecular flexibility index (Phi) is 5.26. The molecule has 1 amide bonds. The molecule has 1 heterocycles. The van der Waals surface area contributed by atoms with Crippen LogP contribution in [-0.4, -0.2) is 39.7 Å². The molecule has 142 valence electrons. The molecule has 3 aromatic rings. The second-order valence-electron chi connectivity index (χ2n) is 5.68. The summed E-state index contributed by atoms with van der Waals surface area (Å²) < 4.78 is 48.4. The number of benzene rings is 2. The van der Waals surface area contributed by atoms with E-state index in [1.54, 1.807) is 0 Å². The molecular formula is C16H13ClN2O5S3. The van der Waals surface area contributed by atoms with Gasteiger partial charge in [-0.25, -0.2) is 21.8 Å². The number of rotatable bonds is 5. The molecule has 7 nitrogen and oxygen atoms in total. The summed E-state index contributed by atoms with van der Waals surface area (Å²) in [5.74, 6) is -1.49. The van der Waals surface area contributed by atoms with Crippen LogP contribution in [0.25, 0.3) is 10.2 Å². The van der Waals surface area contributed by atoms with Gasteiger partial charge in [0.1, 0.15) is 5.75 Å². The molecule has 11 heteroatoms. The maximum atomic E-state index is 12.3. The van der Waals surface area contributed by atoms with Crippen LogP contribution >= 0.6 is 22.9 Å². The fourth-order valence-electron chi connectivity index (χ4n) is 2.24. The van der Waals surface area contributed by atoms with Crippen molar-refractivity contribution < 1.29 is 21.6 Å². The molecule has 0 fully saturated rings. The van der Waals surface area contributed by atoms with Gasteiger partial charge in [-0.2, -0.15) is 0 Å². The number of hydrogen-bond donors (Lipinski definition) is 1. The van der Waals surface area contributed by atoms with E-state index >= 15 is 0 Å². The van der Waals surface area contributed by atoms with Crippen LogP contribution < -0.4 is 5.32 Å². The van der Waals surface area contributed by atoms with Gasteiger partial charge in [-0.1, -0.05) is 22.9 Å². The molecule has 0 bridgehead atoms. The summed E-state index contributed by atoms with van der Waals surface area (Å²) in [6.07, 6.45) is 1.10. The fourth-order valence-corrected chi connectivity index (χ4v) is 5.15. The lowest BCUT2D eigenvalue weighted by atomic mass is 10.3. The van der Waals surface area contributed by atoms with E-state index in [0.29, 0.717) is 15.2 Å². The number of fused-ring (bicyclic) bond motifs is 1. The number of anilines is 1. The number of carbonyl (C=O) groups excluding carboxylic acids is 1. The van der Waals surface area contributed by atoms with Gasteiger partial charge < -0.3 is 5.32 Å². The van der Waals surface area contributed by atoms with Crippen LogP contribution in [-0.2, 0) is 24.5 Å². The zero-order valence-corrected chi connectivity index (χ0v) is 17.0. The maximum absolute atomic E-state index is 12.3. The third-order valence-corrected chi connectivity index (χ3v) is 7.46. The van der Waals surface area contributed by atoms with Gasteiger partial charge in [-0.15, -0.1) is 0 Å². The van der Waals surface area contributed by atoms with Crippen LogP contribution in [0.1, 0.15) is 0 Å². The van der Waals surface area contributed by atoms with Crippen molar-refractivity contribution in [3.05, 3.63) is 47.5 Å². The average molecular weight is 445 g/mol. The van der Waals surface area contributed by atoms with Crippen LogP contribution in [0.4, 0.5) is 5.13 Å². The van der Waals surface area contributed by atoms with Crippen LogP contribution in [0.5, 0.6) is 0 Å². The maximum Gasteiger partial charge on any atom is 0.241 e. The largest absolute Gasteiger partial charge is 0.301 e. The summed E-state index contributed by atoms with van der Waals surface area (Å²) in [6.45, 7) is 0. The van der Waals surface area contributed by atoms with E-state index in [2.05, 4.69) is 10.3 Å². The van der Waals surface area contributed by atoms with E-state index in [1.807, 2.05) is 0 Å². The van der Waals surface area contributed by atoms with Gasteiger partial charge in [0, 0.05) is 11.3 Å². The summed E-state index contributed by atoms with van der Waals surface area (Å²) in [5, 5.41) is 3.02. The lowest BCUT2D eigenvalue weighted by Crippen LogP contribution is -2.22. The number of amides is 1. The van der Waals surface area contributed by atoms with E-state index in [-0.39, 0.29) is 14.9 Å². The molecular weight excluding hydrogens is 432 g/mol. The zero-order chi connectivity index (χ0) is 19.8. The Labute approximate surface area is 164 Å². The minimum atomic E-state index is -3.83. The van der Waals surface area contributed by atoms with Gasteiger partial charge in [0.25, 0.3) is 0 Å². The quantitative estimate of drug-likeness (QED) is 0.647. The number of aromatic nitrogens is 1. The highest BCUT2D eigenvalue weighted by molar-refractivity contribution is 7.92. The van der Waals surface area contributed by atoms with E-state index in [9.17, 15) is 21.6 Å². The summed E-state index contributed by atoms with van der Waals surface area (Å²) >= 11 is 6.79. The van der Waals surface area contributed by atoms with Crippen molar-refractivity contribution in [1.29, 1.82) is 0 Å². The molecule has 1 aromatic heterocycles. The molecule has 0 unspecified atom stereocenters. The highest BCUT2D eigenvalue weighted by Gasteiger charge is 2.20. The van der Waals surface area contributed by atoms with Crippen molar-refractivity contribution >= 4 is 63.9 Å². The third kappa shape index (κ3) is 4.64. The Hall–Kier alpha value is -2.01. The molecule has 0 aliphatic carbocycles. The third-order valence-electron chi connectivity index (χ3n) is 3.53. The normalized spacial score (nSPS) is 12.2. The van der Waals surface area contributed by atoms with Crippen molar-refractivity contribution in [2.75, 3.05) is 17.3 Å². The molecule has 2 aromatic carbocycles. The Morgan fingerprint density at radius 2 is 1.70 bits per heavy atom. The topological polar surface area (TPSA) is 110 Å². The number of thiazole rings is 1. The zero-order valence-electron chi connectivity index (χ0n) is 13.8. The smallest absolute Gasteiger partial charge is 0.241 e. The van der Waals surface area contributed by atoms with Crippen LogP contribution in [0.2, 0.25) is 5.02 Å². The first-order valence-corrected chi connectivity index (χ1v) is 12.2. The molecule has 3 rings (SSSR count). The van der Waals surface area contributed by atoms with Crippen LogP contribution in [0.15, 0.2) is 52.3 Å². The number of sulfone groups is 2. The summed E-state index contributed by atoms with van der Waals surface area (Å²) in [6, 6.07) is 9.93. The van der Waals surface area contributed by atoms with Gasteiger partial charge in [0.2, 0.25) is 5.91 Å². The van der Waals surface area contributed by atoms with Gasteiger partial charge in [-0.05, 0) is 42.5 Å². The molecule has 0 saturated carbocycles.